The molecule has 19 heavy (non-hydrogen) atoms. The van der Waals surface area contributed by atoms with Gasteiger partial charge < -0.3 is 0 Å². The smallest absolute Gasteiger partial charge is 0.238 e. The molecule has 0 aromatic heterocycles. The Morgan fingerprint density at radius 1 is 1.21 bits per heavy atom. The van der Waals surface area contributed by atoms with Crippen molar-refractivity contribution in [2.24, 2.45) is 11.8 Å². The highest BCUT2D eigenvalue weighted by Gasteiger charge is 2.48. The maximum absolute atomic E-state index is 12.4. The van der Waals surface area contributed by atoms with Crippen molar-refractivity contribution in [2.75, 3.05) is 4.90 Å². The Bertz CT molecular complexity index is 594. The van der Waals surface area contributed by atoms with E-state index in [9.17, 15) is 9.59 Å². The van der Waals surface area contributed by atoms with Crippen molar-refractivity contribution in [3.63, 3.8) is 0 Å². The number of allylic oxidation sites excluding steroid dienone is 2. The lowest BCUT2D eigenvalue weighted by atomic mass is 9.85. The zero-order valence-electron chi connectivity index (χ0n) is 10.6. The Morgan fingerprint density at radius 3 is 2.68 bits per heavy atom. The van der Waals surface area contributed by atoms with Crippen molar-refractivity contribution in [2.45, 2.75) is 19.8 Å². The molecule has 0 saturated carbocycles. The van der Waals surface area contributed by atoms with Gasteiger partial charge >= 0.3 is 0 Å². The first-order chi connectivity index (χ1) is 9.08. The topological polar surface area (TPSA) is 37.4 Å². The third-order valence-corrected chi connectivity index (χ3v) is 4.14. The molecule has 1 fully saturated rings. The van der Waals surface area contributed by atoms with Gasteiger partial charge in [-0.2, -0.15) is 0 Å². The Hall–Kier alpha value is -1.61. The SMILES string of the molecule is Cc1cccc(N2C(=O)[C@H]3CC=C(Cl)C[C@@H]3C2=O)c1. The van der Waals surface area contributed by atoms with Gasteiger partial charge in [-0.25, -0.2) is 0 Å². The van der Waals surface area contributed by atoms with Crippen molar-refractivity contribution >= 4 is 29.1 Å². The van der Waals surface area contributed by atoms with E-state index in [1.807, 2.05) is 31.2 Å². The van der Waals surface area contributed by atoms with Crippen LogP contribution in [0.2, 0.25) is 0 Å². The van der Waals surface area contributed by atoms with Crippen LogP contribution in [0.15, 0.2) is 35.4 Å². The van der Waals surface area contributed by atoms with E-state index in [1.54, 1.807) is 6.07 Å². The van der Waals surface area contributed by atoms with Crippen LogP contribution in [0.5, 0.6) is 0 Å². The minimum atomic E-state index is -0.287. The molecule has 2 aliphatic rings. The fourth-order valence-corrected chi connectivity index (χ4v) is 3.10. The molecule has 3 rings (SSSR count). The van der Waals surface area contributed by atoms with Crippen molar-refractivity contribution in [1.82, 2.24) is 0 Å². The average Bonchev–Trinajstić information content (AvgIpc) is 2.61. The summed E-state index contributed by atoms with van der Waals surface area (Å²) < 4.78 is 0. The maximum Gasteiger partial charge on any atom is 0.238 e. The van der Waals surface area contributed by atoms with Gasteiger partial charge in [-0.05, 0) is 37.5 Å². The molecule has 0 unspecified atom stereocenters. The fraction of sp³-hybridized carbons (Fsp3) is 0.333. The summed E-state index contributed by atoms with van der Waals surface area (Å²) in [6.07, 6.45) is 2.91. The van der Waals surface area contributed by atoms with E-state index in [4.69, 9.17) is 11.6 Å². The molecule has 4 heteroatoms. The van der Waals surface area contributed by atoms with E-state index in [-0.39, 0.29) is 23.7 Å². The zero-order chi connectivity index (χ0) is 13.6. The molecule has 1 aromatic rings. The van der Waals surface area contributed by atoms with Gasteiger partial charge in [-0.3, -0.25) is 14.5 Å². The van der Waals surface area contributed by atoms with E-state index in [0.29, 0.717) is 23.6 Å². The number of aryl methyl sites for hydroxylation is 1. The van der Waals surface area contributed by atoms with Crippen molar-refractivity contribution in [3.05, 3.63) is 40.9 Å². The number of benzene rings is 1. The number of carbonyl (C=O) groups is 2. The third kappa shape index (κ3) is 1.98. The number of halogens is 1. The molecule has 1 aliphatic carbocycles. The first kappa shape index (κ1) is 12.4. The Labute approximate surface area is 116 Å². The molecule has 0 spiro atoms. The molecule has 0 radical (unpaired) electrons. The van der Waals surface area contributed by atoms with Crippen LogP contribution in [0.3, 0.4) is 0 Å². The highest BCUT2D eigenvalue weighted by molar-refractivity contribution is 6.30. The van der Waals surface area contributed by atoms with Crippen LogP contribution in [-0.4, -0.2) is 11.8 Å². The predicted octanol–water partition coefficient (Wildman–Crippen LogP) is 3.02. The molecular formula is C15H14ClNO2. The van der Waals surface area contributed by atoms with Crippen molar-refractivity contribution in [3.8, 4) is 0 Å². The summed E-state index contributed by atoms with van der Waals surface area (Å²) in [4.78, 5) is 26.2. The molecule has 1 aliphatic heterocycles. The lowest BCUT2D eigenvalue weighted by Gasteiger charge is -2.17. The number of nitrogens with zero attached hydrogens (tertiary/aromatic N) is 1. The van der Waals surface area contributed by atoms with E-state index in [0.717, 1.165) is 5.56 Å². The highest BCUT2D eigenvalue weighted by Crippen LogP contribution is 2.40. The van der Waals surface area contributed by atoms with Crippen LogP contribution >= 0.6 is 11.6 Å². The molecule has 2 amide bonds. The summed E-state index contributed by atoms with van der Waals surface area (Å²) in [6, 6.07) is 7.47. The molecule has 1 heterocycles. The summed E-state index contributed by atoms with van der Waals surface area (Å²) in [5.74, 6) is -0.742. The quantitative estimate of drug-likeness (QED) is 0.739. The molecule has 98 valence electrons. The van der Waals surface area contributed by atoms with Gasteiger partial charge in [0.1, 0.15) is 0 Å². The number of imide groups is 1. The third-order valence-electron chi connectivity index (χ3n) is 3.83. The predicted molar refractivity (Wildman–Crippen MR) is 73.8 cm³/mol. The normalized spacial score (nSPS) is 26.4. The summed E-state index contributed by atoms with van der Waals surface area (Å²) in [5.41, 5.74) is 1.70. The lowest BCUT2D eigenvalue weighted by Crippen LogP contribution is -2.30. The number of hydrogen-bond donors (Lipinski definition) is 0. The number of amides is 2. The minimum Gasteiger partial charge on any atom is -0.274 e. The van der Waals surface area contributed by atoms with Gasteiger partial charge in [0.2, 0.25) is 11.8 Å². The van der Waals surface area contributed by atoms with Crippen LogP contribution in [0.25, 0.3) is 0 Å². The number of rotatable bonds is 1. The monoisotopic (exact) mass is 275 g/mol. The van der Waals surface area contributed by atoms with Crippen LogP contribution in [-0.2, 0) is 9.59 Å². The van der Waals surface area contributed by atoms with Gasteiger partial charge in [-0.1, -0.05) is 29.8 Å². The van der Waals surface area contributed by atoms with Crippen LogP contribution < -0.4 is 4.90 Å². The highest BCUT2D eigenvalue weighted by atomic mass is 35.5. The number of fused-ring (bicyclic) bond motifs is 1. The molecular weight excluding hydrogens is 262 g/mol. The molecule has 0 N–H and O–H groups in total. The van der Waals surface area contributed by atoms with Crippen LogP contribution in [0.4, 0.5) is 5.69 Å². The second-order valence-corrected chi connectivity index (χ2v) is 5.64. The minimum absolute atomic E-state index is 0.0963. The maximum atomic E-state index is 12.4. The van der Waals surface area contributed by atoms with Gasteiger partial charge in [0, 0.05) is 5.03 Å². The van der Waals surface area contributed by atoms with E-state index in [1.165, 1.54) is 4.90 Å². The largest absolute Gasteiger partial charge is 0.274 e. The Balaban J connectivity index is 1.97. The summed E-state index contributed by atoms with van der Waals surface area (Å²) in [6.45, 7) is 1.94. The fourth-order valence-electron chi connectivity index (χ4n) is 2.85. The van der Waals surface area contributed by atoms with E-state index < -0.39 is 0 Å². The second-order valence-electron chi connectivity index (χ2n) is 5.15. The van der Waals surface area contributed by atoms with Gasteiger partial charge in [-0.15, -0.1) is 0 Å². The van der Waals surface area contributed by atoms with Crippen molar-refractivity contribution < 1.29 is 9.59 Å². The first-order valence-electron chi connectivity index (χ1n) is 6.37. The van der Waals surface area contributed by atoms with E-state index >= 15 is 0 Å². The van der Waals surface area contributed by atoms with Gasteiger partial charge in [0.15, 0.2) is 0 Å². The number of carbonyl (C=O) groups excluding carboxylic acids is 2. The molecule has 2 atom stereocenters. The standard InChI is InChI=1S/C15H14ClNO2/c1-9-3-2-4-11(7-9)17-14(18)12-6-5-10(16)8-13(12)15(17)19/h2-5,7,12-13H,6,8H2,1H3/t12-,13-/m0/s1. The zero-order valence-corrected chi connectivity index (χ0v) is 11.4. The second kappa shape index (κ2) is 4.49. The molecule has 1 aromatic carbocycles. The molecule has 3 nitrogen and oxygen atoms in total. The van der Waals surface area contributed by atoms with Gasteiger partial charge in [0.05, 0.1) is 17.5 Å². The lowest BCUT2D eigenvalue weighted by molar-refractivity contribution is -0.122. The summed E-state index contributed by atoms with van der Waals surface area (Å²) in [7, 11) is 0. The number of hydrogen-bond acceptors (Lipinski definition) is 2. The Kier molecular flexibility index (Phi) is 2.94. The van der Waals surface area contributed by atoms with Gasteiger partial charge in [0.25, 0.3) is 0 Å². The average molecular weight is 276 g/mol. The summed E-state index contributed by atoms with van der Waals surface area (Å²) >= 11 is 5.99. The first-order valence-corrected chi connectivity index (χ1v) is 6.75. The molecule has 1 saturated heterocycles. The van der Waals surface area contributed by atoms with Crippen molar-refractivity contribution in [1.29, 1.82) is 0 Å². The van der Waals surface area contributed by atoms with E-state index in [2.05, 4.69) is 0 Å². The molecule has 0 bridgehead atoms. The summed E-state index contributed by atoms with van der Waals surface area (Å²) in [5, 5.41) is 0.688. The Morgan fingerprint density at radius 2 is 1.95 bits per heavy atom. The van der Waals surface area contributed by atoms with Crippen LogP contribution in [0.1, 0.15) is 18.4 Å². The van der Waals surface area contributed by atoms with Crippen LogP contribution in [0, 0.1) is 18.8 Å². The number of anilines is 1.